The molecule has 0 fully saturated rings. The van der Waals surface area contributed by atoms with Gasteiger partial charge in [-0.05, 0) is 18.4 Å². The maximum absolute atomic E-state index is 7.00. The quantitative estimate of drug-likeness (QED) is 0.509. The van der Waals surface area contributed by atoms with Crippen molar-refractivity contribution in [3.8, 4) is 0 Å². The summed E-state index contributed by atoms with van der Waals surface area (Å²) in [6, 6.07) is 4.15. The van der Waals surface area contributed by atoms with Crippen LogP contribution >= 0.6 is 23.7 Å². The highest BCUT2D eigenvalue weighted by atomic mass is 35.5. The molecule has 0 amide bonds. The predicted molar refractivity (Wildman–Crippen MR) is 55.0 cm³/mol. The van der Waals surface area contributed by atoms with Gasteiger partial charge in [-0.25, -0.2) is 0 Å². The van der Waals surface area contributed by atoms with Crippen molar-refractivity contribution in [1.82, 2.24) is 5.32 Å². The van der Waals surface area contributed by atoms with Gasteiger partial charge in [0, 0.05) is 4.88 Å². The average Bonchev–Trinajstić information content (AvgIpc) is 2.35. The zero-order chi connectivity index (χ0) is 8.27. The number of nitrogens with two attached hydrogens (primary N) is 1. The van der Waals surface area contributed by atoms with Crippen LogP contribution in [0.25, 0.3) is 0 Å². The van der Waals surface area contributed by atoms with Crippen LogP contribution in [0.2, 0.25) is 0 Å². The second kappa shape index (κ2) is 5.00. The Balaban J connectivity index is 0.00000121. The zero-order valence-electron chi connectivity index (χ0n) is 6.70. The van der Waals surface area contributed by atoms with Crippen molar-refractivity contribution in [3.05, 3.63) is 22.4 Å². The fourth-order valence-electron chi connectivity index (χ4n) is 0.842. The highest BCUT2D eigenvalue weighted by molar-refractivity contribution is 7.10. The van der Waals surface area contributed by atoms with Gasteiger partial charge in [0.25, 0.3) is 0 Å². The van der Waals surface area contributed by atoms with Crippen molar-refractivity contribution >= 4 is 29.7 Å². The van der Waals surface area contributed by atoms with Crippen molar-refractivity contribution in [2.24, 2.45) is 5.73 Å². The molecule has 0 saturated heterocycles. The van der Waals surface area contributed by atoms with Crippen LogP contribution in [0.5, 0.6) is 0 Å². The Hall–Kier alpha value is -0.740. The molecule has 1 aromatic heterocycles. The van der Waals surface area contributed by atoms with Crippen LogP contribution in [0.1, 0.15) is 17.8 Å². The minimum Gasteiger partial charge on any atom is -0.370 e. The molecule has 1 unspecified atom stereocenters. The van der Waals surface area contributed by atoms with E-state index in [4.69, 9.17) is 11.1 Å². The molecule has 5 heteroatoms. The molecule has 1 aromatic rings. The van der Waals surface area contributed by atoms with E-state index in [1.54, 1.807) is 11.3 Å². The fraction of sp³-hybridized carbons (Fsp3) is 0.286. The van der Waals surface area contributed by atoms with Gasteiger partial charge in [0.2, 0.25) is 0 Å². The number of nitrogens with one attached hydrogen (secondary N) is 2. The van der Waals surface area contributed by atoms with E-state index < -0.39 is 0 Å². The first-order valence-corrected chi connectivity index (χ1v) is 4.22. The Morgan fingerprint density at radius 3 is 2.83 bits per heavy atom. The van der Waals surface area contributed by atoms with Gasteiger partial charge in [-0.15, -0.1) is 23.7 Å². The van der Waals surface area contributed by atoms with Crippen molar-refractivity contribution in [1.29, 1.82) is 5.41 Å². The number of hydrogen-bond acceptors (Lipinski definition) is 2. The molecule has 0 saturated carbocycles. The highest BCUT2D eigenvalue weighted by Crippen LogP contribution is 2.17. The Labute approximate surface area is 81.9 Å². The number of halogens is 1. The van der Waals surface area contributed by atoms with E-state index in [9.17, 15) is 0 Å². The summed E-state index contributed by atoms with van der Waals surface area (Å²) in [5, 5.41) is 11.8. The van der Waals surface area contributed by atoms with Gasteiger partial charge in [-0.3, -0.25) is 5.41 Å². The zero-order valence-corrected chi connectivity index (χ0v) is 8.34. The molecule has 68 valence electrons. The molecule has 4 N–H and O–H groups in total. The summed E-state index contributed by atoms with van der Waals surface area (Å²) >= 11 is 1.66. The van der Waals surface area contributed by atoms with Gasteiger partial charge >= 0.3 is 0 Å². The molecule has 0 aliphatic heterocycles. The molecular weight excluding hydrogens is 194 g/mol. The SMILES string of the molecule is CC(NC(=N)N)c1cccs1.Cl. The smallest absolute Gasteiger partial charge is 0.186 e. The summed E-state index contributed by atoms with van der Waals surface area (Å²) in [6.07, 6.45) is 0. The summed E-state index contributed by atoms with van der Waals surface area (Å²) < 4.78 is 0. The molecule has 12 heavy (non-hydrogen) atoms. The van der Waals surface area contributed by atoms with Gasteiger partial charge in [0.1, 0.15) is 0 Å². The topological polar surface area (TPSA) is 61.9 Å². The fourth-order valence-corrected chi connectivity index (χ4v) is 1.58. The molecule has 0 spiro atoms. The van der Waals surface area contributed by atoms with Crippen LogP contribution in [-0.4, -0.2) is 5.96 Å². The van der Waals surface area contributed by atoms with Crippen molar-refractivity contribution in [2.75, 3.05) is 0 Å². The number of thiophene rings is 1. The summed E-state index contributed by atoms with van der Waals surface area (Å²) in [7, 11) is 0. The van der Waals surface area contributed by atoms with E-state index in [0.29, 0.717) is 0 Å². The summed E-state index contributed by atoms with van der Waals surface area (Å²) in [6.45, 7) is 1.98. The van der Waals surface area contributed by atoms with Crippen LogP contribution in [0.3, 0.4) is 0 Å². The van der Waals surface area contributed by atoms with E-state index in [0.717, 1.165) is 0 Å². The van der Waals surface area contributed by atoms with Gasteiger partial charge in [0.05, 0.1) is 6.04 Å². The van der Waals surface area contributed by atoms with Crippen LogP contribution in [0, 0.1) is 5.41 Å². The third-order valence-electron chi connectivity index (χ3n) is 1.34. The van der Waals surface area contributed by atoms with E-state index in [2.05, 4.69) is 5.32 Å². The van der Waals surface area contributed by atoms with E-state index in [1.807, 2.05) is 24.4 Å². The lowest BCUT2D eigenvalue weighted by Gasteiger charge is -2.10. The van der Waals surface area contributed by atoms with Crippen LogP contribution in [-0.2, 0) is 0 Å². The molecule has 0 bridgehead atoms. The lowest BCUT2D eigenvalue weighted by molar-refractivity contribution is 0.723. The molecule has 0 radical (unpaired) electrons. The van der Waals surface area contributed by atoms with Crippen LogP contribution in [0.4, 0.5) is 0 Å². The Bertz CT molecular complexity index is 235. The lowest BCUT2D eigenvalue weighted by Crippen LogP contribution is -2.32. The second-order valence-corrected chi connectivity index (χ2v) is 3.27. The normalized spacial score (nSPS) is 11.4. The first kappa shape index (κ1) is 11.3. The van der Waals surface area contributed by atoms with Crippen molar-refractivity contribution < 1.29 is 0 Å². The van der Waals surface area contributed by atoms with Gasteiger partial charge < -0.3 is 11.1 Å². The minimum atomic E-state index is 0. The van der Waals surface area contributed by atoms with E-state index >= 15 is 0 Å². The Morgan fingerprint density at radius 2 is 2.42 bits per heavy atom. The predicted octanol–water partition coefficient (Wildman–Crippen LogP) is 1.71. The van der Waals surface area contributed by atoms with Crippen LogP contribution < -0.4 is 11.1 Å². The van der Waals surface area contributed by atoms with E-state index in [-0.39, 0.29) is 24.4 Å². The van der Waals surface area contributed by atoms with Gasteiger partial charge in [0.15, 0.2) is 5.96 Å². The molecule has 1 atom stereocenters. The molecule has 1 heterocycles. The third-order valence-corrected chi connectivity index (χ3v) is 2.40. The van der Waals surface area contributed by atoms with Gasteiger partial charge in [-0.1, -0.05) is 6.07 Å². The number of guanidine groups is 1. The lowest BCUT2D eigenvalue weighted by atomic mass is 10.3. The first-order chi connectivity index (χ1) is 5.20. The monoisotopic (exact) mass is 205 g/mol. The van der Waals surface area contributed by atoms with Crippen molar-refractivity contribution in [2.45, 2.75) is 13.0 Å². The standard InChI is InChI=1S/C7H11N3S.ClH/c1-5(10-7(8)9)6-3-2-4-11-6;/h2-5H,1H3,(H4,8,9,10);1H. The second-order valence-electron chi connectivity index (χ2n) is 2.30. The summed E-state index contributed by atoms with van der Waals surface area (Å²) in [4.78, 5) is 1.19. The van der Waals surface area contributed by atoms with Crippen LogP contribution in [0.15, 0.2) is 17.5 Å². The Kier molecular flexibility index (Phi) is 4.70. The molecule has 0 aliphatic carbocycles. The first-order valence-electron chi connectivity index (χ1n) is 3.34. The van der Waals surface area contributed by atoms with Crippen molar-refractivity contribution in [3.63, 3.8) is 0 Å². The van der Waals surface area contributed by atoms with Gasteiger partial charge in [-0.2, -0.15) is 0 Å². The summed E-state index contributed by atoms with van der Waals surface area (Å²) in [5.74, 6) is 0.0194. The largest absolute Gasteiger partial charge is 0.370 e. The summed E-state index contributed by atoms with van der Waals surface area (Å²) in [5.41, 5.74) is 5.18. The number of rotatable bonds is 2. The average molecular weight is 206 g/mol. The maximum atomic E-state index is 7.00. The highest BCUT2D eigenvalue weighted by Gasteiger charge is 2.04. The maximum Gasteiger partial charge on any atom is 0.186 e. The molecule has 0 aliphatic rings. The molecule has 1 rings (SSSR count). The van der Waals surface area contributed by atoms with E-state index in [1.165, 1.54) is 4.88 Å². The molecule has 3 nitrogen and oxygen atoms in total. The molecule has 0 aromatic carbocycles. The Morgan fingerprint density at radius 1 is 1.75 bits per heavy atom. The minimum absolute atomic E-state index is 0. The third kappa shape index (κ3) is 3.11. The molecular formula is C7H12ClN3S. The number of hydrogen-bond donors (Lipinski definition) is 3.